The first-order valence-electron chi connectivity index (χ1n) is 6.62. The number of esters is 1. The summed E-state index contributed by atoms with van der Waals surface area (Å²) in [4.78, 5) is 23.5. The lowest BCUT2D eigenvalue weighted by atomic mass is 10.1. The Hall–Kier alpha value is -2.61. The molecule has 1 rings (SSSR count). The first-order valence-corrected chi connectivity index (χ1v) is 6.62. The number of rotatable bonds is 5. The number of ether oxygens (including phenoxy) is 1. The van der Waals surface area contributed by atoms with Gasteiger partial charge in [-0.2, -0.15) is 5.26 Å². The maximum absolute atomic E-state index is 12.0. The van der Waals surface area contributed by atoms with Crippen molar-refractivity contribution in [3.63, 3.8) is 0 Å². The van der Waals surface area contributed by atoms with Gasteiger partial charge < -0.3 is 10.1 Å². The number of nitrogens with zero attached hydrogens (tertiary/aromatic N) is 1. The van der Waals surface area contributed by atoms with Crippen LogP contribution >= 0.6 is 0 Å². The maximum atomic E-state index is 12.0. The molecule has 0 radical (unpaired) electrons. The predicted molar refractivity (Wildman–Crippen MR) is 79.4 cm³/mol. The van der Waals surface area contributed by atoms with Gasteiger partial charge in [0.25, 0.3) is 0 Å². The highest BCUT2D eigenvalue weighted by Crippen LogP contribution is 2.15. The molecule has 1 aromatic rings. The molecule has 110 valence electrons. The Balaban J connectivity index is 2.80. The van der Waals surface area contributed by atoms with Gasteiger partial charge in [0.05, 0.1) is 6.61 Å². The van der Waals surface area contributed by atoms with Crippen molar-refractivity contribution in [3.8, 4) is 6.07 Å². The third-order valence-corrected chi connectivity index (χ3v) is 2.86. The van der Waals surface area contributed by atoms with E-state index in [2.05, 4.69) is 5.32 Å². The number of aryl methyl sites for hydroxylation is 1. The van der Waals surface area contributed by atoms with E-state index in [0.29, 0.717) is 11.3 Å². The van der Waals surface area contributed by atoms with Crippen LogP contribution in [-0.4, -0.2) is 18.5 Å². The molecule has 0 unspecified atom stereocenters. The van der Waals surface area contributed by atoms with Crippen LogP contribution in [0.25, 0.3) is 0 Å². The zero-order valence-electron chi connectivity index (χ0n) is 12.4. The first kappa shape index (κ1) is 16.4. The van der Waals surface area contributed by atoms with Crippen LogP contribution in [-0.2, 0) is 14.3 Å². The largest absolute Gasteiger partial charge is 0.462 e. The molecule has 1 amide bonds. The van der Waals surface area contributed by atoms with Crippen LogP contribution in [0.3, 0.4) is 0 Å². The van der Waals surface area contributed by atoms with Crippen molar-refractivity contribution in [2.45, 2.75) is 27.2 Å². The van der Waals surface area contributed by atoms with Gasteiger partial charge in [-0.05, 0) is 38.0 Å². The Morgan fingerprint density at radius 2 is 2.00 bits per heavy atom. The Bertz CT molecular complexity index is 612. The highest BCUT2D eigenvalue weighted by molar-refractivity contribution is 5.97. The third-order valence-electron chi connectivity index (χ3n) is 2.86. The summed E-state index contributed by atoms with van der Waals surface area (Å²) in [7, 11) is 0. The normalized spacial score (nSPS) is 11.1. The van der Waals surface area contributed by atoms with Gasteiger partial charge in [-0.3, -0.25) is 4.79 Å². The van der Waals surface area contributed by atoms with Crippen LogP contribution in [0.15, 0.2) is 35.4 Å². The Morgan fingerprint density at radius 3 is 2.57 bits per heavy atom. The van der Waals surface area contributed by atoms with Crippen molar-refractivity contribution in [1.82, 2.24) is 0 Å². The lowest BCUT2D eigenvalue weighted by molar-refractivity contribution is -0.138. The number of carbonyl (C=O) groups excluding carboxylic acids is 2. The highest BCUT2D eigenvalue weighted by Gasteiger charge is 2.16. The van der Waals surface area contributed by atoms with E-state index in [0.717, 1.165) is 5.56 Å². The van der Waals surface area contributed by atoms with Gasteiger partial charge in [-0.25, -0.2) is 4.79 Å². The van der Waals surface area contributed by atoms with Gasteiger partial charge in [-0.15, -0.1) is 0 Å². The summed E-state index contributed by atoms with van der Waals surface area (Å²) in [6, 6.07) is 9.18. The van der Waals surface area contributed by atoms with E-state index in [1.54, 1.807) is 26.0 Å². The van der Waals surface area contributed by atoms with Gasteiger partial charge in [0.2, 0.25) is 5.91 Å². The van der Waals surface area contributed by atoms with Crippen LogP contribution in [0, 0.1) is 18.3 Å². The molecule has 21 heavy (non-hydrogen) atoms. The Morgan fingerprint density at radius 1 is 1.33 bits per heavy atom. The molecular formula is C16H18N2O3. The summed E-state index contributed by atoms with van der Waals surface area (Å²) in [5, 5.41) is 11.8. The van der Waals surface area contributed by atoms with Gasteiger partial charge >= 0.3 is 5.97 Å². The van der Waals surface area contributed by atoms with Crippen molar-refractivity contribution >= 4 is 17.6 Å². The van der Waals surface area contributed by atoms with E-state index in [1.165, 1.54) is 0 Å². The van der Waals surface area contributed by atoms with Crippen LogP contribution in [0.1, 0.15) is 25.8 Å². The Kier molecular flexibility index (Phi) is 6.15. The first-order chi connectivity index (χ1) is 9.99. The lowest BCUT2D eigenvalue weighted by Crippen LogP contribution is -2.15. The average molecular weight is 286 g/mol. The van der Waals surface area contributed by atoms with Crippen molar-refractivity contribution in [2.75, 3.05) is 11.9 Å². The molecule has 0 saturated carbocycles. The highest BCUT2D eigenvalue weighted by atomic mass is 16.5. The molecule has 0 saturated heterocycles. The number of nitrogens with one attached hydrogen (secondary N) is 1. The molecule has 1 N–H and O–H groups in total. The van der Waals surface area contributed by atoms with E-state index < -0.39 is 5.97 Å². The van der Waals surface area contributed by atoms with E-state index in [9.17, 15) is 9.59 Å². The maximum Gasteiger partial charge on any atom is 0.348 e. The fourth-order valence-electron chi connectivity index (χ4n) is 1.76. The van der Waals surface area contributed by atoms with Gasteiger partial charge in [-0.1, -0.05) is 18.2 Å². The van der Waals surface area contributed by atoms with Crippen molar-refractivity contribution in [2.24, 2.45) is 0 Å². The van der Waals surface area contributed by atoms with Gasteiger partial charge in [0, 0.05) is 12.1 Å². The summed E-state index contributed by atoms with van der Waals surface area (Å²) >= 11 is 0. The number of anilines is 1. The molecule has 0 heterocycles. The monoisotopic (exact) mass is 286 g/mol. The minimum atomic E-state index is -0.693. The second-order valence-corrected chi connectivity index (χ2v) is 4.53. The minimum Gasteiger partial charge on any atom is -0.462 e. The Labute approximate surface area is 124 Å². The van der Waals surface area contributed by atoms with E-state index in [4.69, 9.17) is 10.00 Å². The quantitative estimate of drug-likeness (QED) is 0.513. The van der Waals surface area contributed by atoms with Crippen LogP contribution in [0.2, 0.25) is 0 Å². The molecule has 0 fully saturated rings. The van der Waals surface area contributed by atoms with Crippen LogP contribution in [0.5, 0.6) is 0 Å². The third kappa shape index (κ3) is 4.77. The molecule has 0 spiro atoms. The lowest BCUT2D eigenvalue weighted by Gasteiger charge is -2.09. The second kappa shape index (κ2) is 7.85. The molecular weight excluding hydrogens is 268 g/mol. The van der Waals surface area contributed by atoms with Crippen molar-refractivity contribution in [1.29, 1.82) is 5.26 Å². The number of carbonyl (C=O) groups is 2. The molecule has 1 aromatic carbocycles. The predicted octanol–water partition coefficient (Wildman–Crippen LogP) is 2.73. The second-order valence-electron chi connectivity index (χ2n) is 4.53. The fraction of sp³-hybridized carbons (Fsp3) is 0.312. The number of hydrogen-bond acceptors (Lipinski definition) is 4. The minimum absolute atomic E-state index is 0.0317. The molecule has 0 aliphatic heterocycles. The summed E-state index contributed by atoms with van der Waals surface area (Å²) in [6.07, 6.45) is -0.0317. The van der Waals surface area contributed by atoms with E-state index in [1.807, 2.05) is 25.1 Å². The molecule has 0 bridgehead atoms. The number of para-hydroxylation sites is 1. The van der Waals surface area contributed by atoms with Gasteiger partial charge in [0.1, 0.15) is 11.6 Å². The molecule has 0 aromatic heterocycles. The van der Waals surface area contributed by atoms with Crippen molar-refractivity contribution < 1.29 is 14.3 Å². The van der Waals surface area contributed by atoms with Gasteiger partial charge in [0.15, 0.2) is 0 Å². The number of benzene rings is 1. The summed E-state index contributed by atoms with van der Waals surface area (Å²) in [5.41, 5.74) is 1.93. The number of amides is 1. The van der Waals surface area contributed by atoms with Crippen molar-refractivity contribution in [3.05, 3.63) is 41.0 Å². The summed E-state index contributed by atoms with van der Waals surface area (Å²) in [5.74, 6) is -0.972. The van der Waals surface area contributed by atoms with E-state index in [-0.39, 0.29) is 24.5 Å². The van der Waals surface area contributed by atoms with Crippen LogP contribution < -0.4 is 5.32 Å². The SMILES string of the molecule is CCOC(=O)C(C#N)=C(C)CC(=O)Nc1ccccc1C. The average Bonchev–Trinajstić information content (AvgIpc) is 2.42. The molecule has 0 aliphatic rings. The summed E-state index contributed by atoms with van der Waals surface area (Å²) < 4.78 is 4.78. The molecule has 5 heteroatoms. The molecule has 0 aliphatic carbocycles. The van der Waals surface area contributed by atoms with E-state index >= 15 is 0 Å². The molecule has 5 nitrogen and oxygen atoms in total. The number of hydrogen-bond donors (Lipinski definition) is 1. The van der Waals surface area contributed by atoms with Crippen LogP contribution in [0.4, 0.5) is 5.69 Å². The smallest absolute Gasteiger partial charge is 0.348 e. The standard InChI is InChI=1S/C16H18N2O3/c1-4-21-16(20)13(10-17)12(3)9-15(19)18-14-8-6-5-7-11(14)2/h5-8H,4,9H2,1-3H3,(H,18,19). The number of nitriles is 1. The fourth-order valence-corrected chi connectivity index (χ4v) is 1.76. The molecule has 0 atom stereocenters. The topological polar surface area (TPSA) is 79.2 Å². The zero-order valence-corrected chi connectivity index (χ0v) is 12.4. The summed E-state index contributed by atoms with van der Waals surface area (Å²) in [6.45, 7) is 5.31. The zero-order chi connectivity index (χ0) is 15.8.